The van der Waals surface area contributed by atoms with Crippen LogP contribution in [0.15, 0.2) is 42.5 Å². The molecule has 0 spiro atoms. The lowest BCUT2D eigenvalue weighted by Gasteiger charge is -2.02. The number of nitriles is 1. The van der Waals surface area contributed by atoms with Gasteiger partial charge in [0.05, 0.1) is 22.7 Å². The van der Waals surface area contributed by atoms with Gasteiger partial charge >= 0.3 is 0 Å². The van der Waals surface area contributed by atoms with Gasteiger partial charge in [-0.15, -0.1) is 0 Å². The first kappa shape index (κ1) is 11.5. The van der Waals surface area contributed by atoms with Crippen LogP contribution in [0.3, 0.4) is 0 Å². The van der Waals surface area contributed by atoms with Crippen LogP contribution in [0.1, 0.15) is 22.5 Å². The Morgan fingerprint density at radius 2 is 2.05 bits per heavy atom. The maximum absolute atomic E-state index is 8.89. The van der Waals surface area contributed by atoms with Crippen LogP contribution in [-0.2, 0) is 6.42 Å². The molecule has 1 aromatic heterocycles. The number of nitrogens with zero attached hydrogens (tertiary/aromatic N) is 2. The predicted octanol–water partition coefficient (Wildman–Crippen LogP) is 3.33. The molecule has 0 bridgehead atoms. The molecule has 19 heavy (non-hydrogen) atoms. The molecule has 3 aromatic rings. The number of rotatable bonds is 2. The van der Waals surface area contributed by atoms with Gasteiger partial charge in [-0.3, -0.25) is 0 Å². The summed E-state index contributed by atoms with van der Waals surface area (Å²) in [5.74, 6) is 0.930. The van der Waals surface area contributed by atoms with E-state index in [1.165, 1.54) is 11.1 Å². The van der Waals surface area contributed by atoms with Gasteiger partial charge in [0.15, 0.2) is 0 Å². The van der Waals surface area contributed by atoms with Gasteiger partial charge in [0.1, 0.15) is 5.82 Å². The molecule has 92 valence electrons. The third-order valence-electron chi connectivity index (χ3n) is 3.28. The first-order chi connectivity index (χ1) is 9.26. The number of imidazole rings is 1. The second-order valence-electron chi connectivity index (χ2n) is 4.63. The van der Waals surface area contributed by atoms with E-state index in [0.29, 0.717) is 5.56 Å². The minimum Gasteiger partial charge on any atom is -0.342 e. The molecule has 0 atom stereocenters. The van der Waals surface area contributed by atoms with Gasteiger partial charge in [0.25, 0.3) is 0 Å². The highest BCUT2D eigenvalue weighted by Gasteiger charge is 2.06. The molecule has 0 saturated heterocycles. The number of aromatic nitrogens is 2. The molecule has 0 aliphatic rings. The summed E-state index contributed by atoms with van der Waals surface area (Å²) in [7, 11) is 0. The van der Waals surface area contributed by atoms with Crippen LogP contribution in [0.2, 0.25) is 0 Å². The van der Waals surface area contributed by atoms with Crippen molar-refractivity contribution in [2.45, 2.75) is 13.3 Å². The van der Waals surface area contributed by atoms with Crippen molar-refractivity contribution >= 4 is 11.0 Å². The molecule has 3 nitrogen and oxygen atoms in total. The first-order valence-corrected chi connectivity index (χ1v) is 6.19. The van der Waals surface area contributed by atoms with E-state index < -0.39 is 0 Å². The van der Waals surface area contributed by atoms with Gasteiger partial charge < -0.3 is 4.98 Å². The molecule has 1 N–H and O–H groups in total. The van der Waals surface area contributed by atoms with E-state index in [4.69, 9.17) is 5.26 Å². The number of nitrogens with one attached hydrogen (secondary N) is 1. The van der Waals surface area contributed by atoms with E-state index in [1.54, 1.807) is 6.07 Å². The Balaban J connectivity index is 1.98. The standard InChI is InChI=1S/C16H13N3/c1-11-4-2-3-5-13(11)9-16-18-14-7-6-12(10-17)8-15(14)19-16/h2-8H,9H2,1H3,(H,18,19). The topological polar surface area (TPSA) is 52.5 Å². The Kier molecular flexibility index (Phi) is 2.77. The van der Waals surface area contributed by atoms with Crippen LogP contribution in [0, 0.1) is 18.3 Å². The number of fused-ring (bicyclic) bond motifs is 1. The number of H-pyrrole nitrogens is 1. The molecule has 0 unspecified atom stereocenters. The van der Waals surface area contributed by atoms with Gasteiger partial charge in [-0.1, -0.05) is 24.3 Å². The molecule has 0 aliphatic carbocycles. The van der Waals surface area contributed by atoms with E-state index in [2.05, 4.69) is 35.1 Å². The van der Waals surface area contributed by atoms with Gasteiger partial charge in [0.2, 0.25) is 0 Å². The summed E-state index contributed by atoms with van der Waals surface area (Å²) in [6.07, 6.45) is 0.781. The summed E-state index contributed by atoms with van der Waals surface area (Å²) in [5.41, 5.74) is 5.01. The molecule has 3 heteroatoms. The molecule has 0 saturated carbocycles. The van der Waals surface area contributed by atoms with E-state index in [1.807, 2.05) is 24.3 Å². The number of aryl methyl sites for hydroxylation is 1. The monoisotopic (exact) mass is 247 g/mol. The second-order valence-corrected chi connectivity index (χ2v) is 4.63. The first-order valence-electron chi connectivity index (χ1n) is 6.19. The zero-order valence-corrected chi connectivity index (χ0v) is 10.6. The molecular formula is C16H13N3. The summed E-state index contributed by atoms with van der Waals surface area (Å²) in [6, 6.07) is 15.9. The van der Waals surface area contributed by atoms with E-state index in [9.17, 15) is 0 Å². The molecular weight excluding hydrogens is 234 g/mol. The van der Waals surface area contributed by atoms with Gasteiger partial charge in [-0.25, -0.2) is 4.98 Å². The third kappa shape index (κ3) is 2.21. The third-order valence-corrected chi connectivity index (χ3v) is 3.28. The molecule has 3 rings (SSSR count). The molecule has 0 fully saturated rings. The Morgan fingerprint density at radius 3 is 2.84 bits per heavy atom. The molecule has 0 amide bonds. The van der Waals surface area contributed by atoms with Crippen LogP contribution in [0.25, 0.3) is 11.0 Å². The fourth-order valence-electron chi connectivity index (χ4n) is 2.20. The average Bonchev–Trinajstić information content (AvgIpc) is 2.82. The largest absolute Gasteiger partial charge is 0.342 e. The van der Waals surface area contributed by atoms with Crippen molar-refractivity contribution in [2.24, 2.45) is 0 Å². The Bertz CT molecular complexity index is 778. The van der Waals surface area contributed by atoms with Crippen LogP contribution in [0.5, 0.6) is 0 Å². The van der Waals surface area contributed by atoms with E-state index in [-0.39, 0.29) is 0 Å². The smallest absolute Gasteiger partial charge is 0.111 e. The molecule has 0 aliphatic heterocycles. The number of aromatic amines is 1. The normalized spacial score (nSPS) is 10.5. The molecule has 0 radical (unpaired) electrons. The lowest BCUT2D eigenvalue weighted by molar-refractivity contribution is 1.03. The van der Waals surface area contributed by atoms with Crippen LogP contribution < -0.4 is 0 Å². The maximum Gasteiger partial charge on any atom is 0.111 e. The van der Waals surface area contributed by atoms with Crippen molar-refractivity contribution in [1.29, 1.82) is 5.26 Å². The number of hydrogen-bond donors (Lipinski definition) is 1. The Hall–Kier alpha value is -2.60. The van der Waals surface area contributed by atoms with Gasteiger partial charge in [-0.2, -0.15) is 5.26 Å². The summed E-state index contributed by atoms with van der Waals surface area (Å²) < 4.78 is 0. The van der Waals surface area contributed by atoms with Crippen molar-refractivity contribution in [3.63, 3.8) is 0 Å². The van der Waals surface area contributed by atoms with Gasteiger partial charge in [-0.05, 0) is 36.2 Å². The Labute approximate surface area is 111 Å². The van der Waals surface area contributed by atoms with Crippen molar-refractivity contribution in [2.75, 3.05) is 0 Å². The maximum atomic E-state index is 8.89. The lowest BCUT2D eigenvalue weighted by atomic mass is 10.1. The van der Waals surface area contributed by atoms with Crippen molar-refractivity contribution in [3.8, 4) is 6.07 Å². The van der Waals surface area contributed by atoms with Crippen molar-refractivity contribution in [3.05, 3.63) is 65.0 Å². The average molecular weight is 247 g/mol. The summed E-state index contributed by atoms with van der Waals surface area (Å²) in [6.45, 7) is 2.10. The molecule has 1 heterocycles. The summed E-state index contributed by atoms with van der Waals surface area (Å²) >= 11 is 0. The van der Waals surface area contributed by atoms with E-state index in [0.717, 1.165) is 23.3 Å². The fraction of sp³-hybridized carbons (Fsp3) is 0.125. The van der Waals surface area contributed by atoms with Crippen molar-refractivity contribution < 1.29 is 0 Å². The predicted molar refractivity (Wildman–Crippen MR) is 74.8 cm³/mol. The number of hydrogen-bond acceptors (Lipinski definition) is 2. The van der Waals surface area contributed by atoms with Crippen molar-refractivity contribution in [1.82, 2.24) is 9.97 Å². The Morgan fingerprint density at radius 1 is 1.21 bits per heavy atom. The summed E-state index contributed by atoms with van der Waals surface area (Å²) in [4.78, 5) is 7.84. The summed E-state index contributed by atoms with van der Waals surface area (Å²) in [5, 5.41) is 8.89. The highest BCUT2D eigenvalue weighted by Crippen LogP contribution is 2.17. The second kappa shape index (κ2) is 4.58. The fourth-order valence-corrected chi connectivity index (χ4v) is 2.20. The zero-order chi connectivity index (χ0) is 13.2. The van der Waals surface area contributed by atoms with Gasteiger partial charge in [0, 0.05) is 6.42 Å². The van der Waals surface area contributed by atoms with Crippen LogP contribution >= 0.6 is 0 Å². The highest BCUT2D eigenvalue weighted by atomic mass is 14.9. The quantitative estimate of drug-likeness (QED) is 0.755. The van der Waals surface area contributed by atoms with E-state index >= 15 is 0 Å². The SMILES string of the molecule is Cc1ccccc1Cc1nc2ccc(C#N)cc2[nH]1. The minimum absolute atomic E-state index is 0.651. The van der Waals surface area contributed by atoms with Crippen LogP contribution in [-0.4, -0.2) is 9.97 Å². The van der Waals surface area contributed by atoms with Crippen LogP contribution in [0.4, 0.5) is 0 Å². The molecule has 2 aromatic carbocycles. The minimum atomic E-state index is 0.651. The zero-order valence-electron chi connectivity index (χ0n) is 10.6. The lowest BCUT2D eigenvalue weighted by Crippen LogP contribution is -1.93. The highest BCUT2D eigenvalue weighted by molar-refractivity contribution is 5.76. The number of benzene rings is 2.